The minimum atomic E-state index is 0.159. The lowest BCUT2D eigenvalue weighted by molar-refractivity contribution is 0.170. The van der Waals surface area contributed by atoms with Gasteiger partial charge < -0.3 is 5.11 Å². The van der Waals surface area contributed by atoms with Crippen LogP contribution in [0.15, 0.2) is 0 Å². The number of hydrogen-bond acceptors (Lipinski definition) is 3. The molecule has 2 fully saturated rings. The van der Waals surface area contributed by atoms with Gasteiger partial charge in [0.1, 0.15) is 0 Å². The molecule has 0 bridgehead atoms. The van der Waals surface area contributed by atoms with Gasteiger partial charge in [0.2, 0.25) is 0 Å². The van der Waals surface area contributed by atoms with E-state index in [0.717, 1.165) is 24.2 Å². The lowest BCUT2D eigenvalue weighted by Gasteiger charge is -2.29. The molecule has 0 aliphatic heterocycles. The first-order valence-corrected chi connectivity index (χ1v) is 8.01. The van der Waals surface area contributed by atoms with E-state index in [1.807, 2.05) is 4.68 Å². The van der Waals surface area contributed by atoms with Crippen LogP contribution in [0.1, 0.15) is 49.6 Å². The Balaban J connectivity index is 1.77. The SMILES string of the molecule is Cc1nn(CCO)c(C)c1CN(C1CC1)C(C)C1CC1. The summed E-state index contributed by atoms with van der Waals surface area (Å²) in [6.07, 6.45) is 5.54. The van der Waals surface area contributed by atoms with Gasteiger partial charge in [-0.25, -0.2) is 0 Å². The molecule has 112 valence electrons. The molecule has 4 heteroatoms. The van der Waals surface area contributed by atoms with Gasteiger partial charge in [0.15, 0.2) is 0 Å². The number of aromatic nitrogens is 2. The molecule has 1 heterocycles. The first kappa shape index (κ1) is 14.1. The standard InChI is InChI=1S/C16H27N3O/c1-11-16(13(3)19(17-11)8-9-20)10-18(15-6-7-15)12(2)14-4-5-14/h12,14-15,20H,4-10H2,1-3H3. The van der Waals surface area contributed by atoms with E-state index in [-0.39, 0.29) is 6.61 Å². The Kier molecular flexibility index (Phi) is 3.87. The molecule has 0 radical (unpaired) electrons. The average Bonchev–Trinajstić information content (AvgIpc) is 3.28. The van der Waals surface area contributed by atoms with E-state index in [1.54, 1.807) is 0 Å². The van der Waals surface area contributed by atoms with Crippen LogP contribution in [0.3, 0.4) is 0 Å². The summed E-state index contributed by atoms with van der Waals surface area (Å²) >= 11 is 0. The molecule has 1 aromatic heterocycles. The Bertz CT molecular complexity index is 474. The summed E-state index contributed by atoms with van der Waals surface area (Å²) in [5.74, 6) is 0.920. The number of nitrogens with zero attached hydrogens (tertiary/aromatic N) is 3. The lowest BCUT2D eigenvalue weighted by atomic mass is 10.1. The largest absolute Gasteiger partial charge is 0.394 e. The number of aliphatic hydroxyl groups is 1. The van der Waals surface area contributed by atoms with Crippen molar-refractivity contribution in [1.82, 2.24) is 14.7 Å². The molecule has 1 aromatic rings. The number of aliphatic hydroxyl groups excluding tert-OH is 1. The molecule has 2 aliphatic carbocycles. The summed E-state index contributed by atoms with van der Waals surface area (Å²) < 4.78 is 1.96. The van der Waals surface area contributed by atoms with Gasteiger partial charge in [0.25, 0.3) is 0 Å². The molecule has 1 N–H and O–H groups in total. The minimum Gasteiger partial charge on any atom is -0.394 e. The molecule has 2 saturated carbocycles. The van der Waals surface area contributed by atoms with Gasteiger partial charge in [-0.1, -0.05) is 0 Å². The van der Waals surface area contributed by atoms with Crippen LogP contribution in [0.5, 0.6) is 0 Å². The lowest BCUT2D eigenvalue weighted by Crippen LogP contribution is -2.36. The van der Waals surface area contributed by atoms with Gasteiger partial charge in [-0.05, 0) is 52.4 Å². The van der Waals surface area contributed by atoms with E-state index in [9.17, 15) is 0 Å². The van der Waals surface area contributed by atoms with Gasteiger partial charge in [0, 0.05) is 29.9 Å². The van der Waals surface area contributed by atoms with Crippen molar-refractivity contribution in [3.63, 3.8) is 0 Å². The zero-order valence-electron chi connectivity index (χ0n) is 13.0. The molecule has 0 saturated heterocycles. The Morgan fingerprint density at radius 2 is 2.00 bits per heavy atom. The molecular weight excluding hydrogens is 250 g/mol. The highest BCUT2D eigenvalue weighted by atomic mass is 16.3. The van der Waals surface area contributed by atoms with Crippen molar-refractivity contribution in [2.24, 2.45) is 5.92 Å². The first-order valence-electron chi connectivity index (χ1n) is 8.01. The zero-order chi connectivity index (χ0) is 14.3. The molecular formula is C16H27N3O. The van der Waals surface area contributed by atoms with Crippen molar-refractivity contribution < 1.29 is 5.11 Å². The van der Waals surface area contributed by atoms with Crippen LogP contribution in [0.4, 0.5) is 0 Å². The molecule has 1 atom stereocenters. The number of rotatable bonds is 7. The topological polar surface area (TPSA) is 41.3 Å². The normalized spacial score (nSPS) is 20.6. The van der Waals surface area contributed by atoms with Crippen molar-refractivity contribution in [1.29, 1.82) is 0 Å². The van der Waals surface area contributed by atoms with Gasteiger partial charge in [-0.15, -0.1) is 0 Å². The van der Waals surface area contributed by atoms with E-state index in [4.69, 9.17) is 5.11 Å². The van der Waals surface area contributed by atoms with Crippen LogP contribution in [0.25, 0.3) is 0 Å². The molecule has 20 heavy (non-hydrogen) atoms. The average molecular weight is 277 g/mol. The van der Waals surface area contributed by atoms with E-state index in [2.05, 4.69) is 30.8 Å². The second-order valence-corrected chi connectivity index (χ2v) is 6.58. The fraction of sp³-hybridized carbons (Fsp3) is 0.812. The zero-order valence-corrected chi connectivity index (χ0v) is 13.0. The summed E-state index contributed by atoms with van der Waals surface area (Å²) in [6.45, 7) is 8.44. The van der Waals surface area contributed by atoms with Crippen LogP contribution < -0.4 is 0 Å². The monoisotopic (exact) mass is 277 g/mol. The van der Waals surface area contributed by atoms with Crippen LogP contribution in [-0.2, 0) is 13.1 Å². The minimum absolute atomic E-state index is 0.159. The summed E-state index contributed by atoms with van der Waals surface area (Å²) in [6, 6.07) is 1.51. The fourth-order valence-electron chi connectivity index (χ4n) is 3.32. The van der Waals surface area contributed by atoms with Crippen LogP contribution in [0, 0.1) is 19.8 Å². The molecule has 1 unspecified atom stereocenters. The Morgan fingerprint density at radius 3 is 2.55 bits per heavy atom. The van der Waals surface area contributed by atoms with Crippen molar-refractivity contribution in [2.75, 3.05) is 6.61 Å². The summed E-state index contributed by atoms with van der Waals surface area (Å²) in [4.78, 5) is 2.71. The summed E-state index contributed by atoms with van der Waals surface area (Å²) in [7, 11) is 0. The van der Waals surface area contributed by atoms with Gasteiger partial charge >= 0.3 is 0 Å². The highest BCUT2D eigenvalue weighted by Gasteiger charge is 2.39. The number of aryl methyl sites for hydroxylation is 1. The fourth-order valence-corrected chi connectivity index (χ4v) is 3.32. The second kappa shape index (κ2) is 5.49. The van der Waals surface area contributed by atoms with Crippen molar-refractivity contribution >= 4 is 0 Å². The molecule has 4 nitrogen and oxygen atoms in total. The summed E-state index contributed by atoms with van der Waals surface area (Å²) in [5.41, 5.74) is 3.73. The third-order valence-electron chi connectivity index (χ3n) is 5.03. The Labute approximate surface area is 121 Å². The van der Waals surface area contributed by atoms with Crippen molar-refractivity contribution in [2.45, 2.75) is 71.6 Å². The van der Waals surface area contributed by atoms with E-state index < -0.39 is 0 Å². The van der Waals surface area contributed by atoms with Crippen LogP contribution in [0.2, 0.25) is 0 Å². The molecule has 0 spiro atoms. The Hall–Kier alpha value is -0.870. The maximum atomic E-state index is 9.12. The van der Waals surface area contributed by atoms with E-state index in [0.29, 0.717) is 12.6 Å². The maximum absolute atomic E-state index is 9.12. The van der Waals surface area contributed by atoms with Crippen molar-refractivity contribution in [3.05, 3.63) is 17.0 Å². The predicted octanol–water partition coefficient (Wildman–Crippen LogP) is 2.26. The van der Waals surface area contributed by atoms with E-state index in [1.165, 1.54) is 36.9 Å². The maximum Gasteiger partial charge on any atom is 0.0644 e. The molecule has 0 amide bonds. The molecule has 0 aromatic carbocycles. The number of hydrogen-bond donors (Lipinski definition) is 1. The van der Waals surface area contributed by atoms with Crippen molar-refractivity contribution in [3.8, 4) is 0 Å². The Morgan fingerprint density at radius 1 is 1.30 bits per heavy atom. The second-order valence-electron chi connectivity index (χ2n) is 6.58. The third kappa shape index (κ3) is 2.77. The molecule has 2 aliphatic rings. The van der Waals surface area contributed by atoms with Gasteiger partial charge in [-0.3, -0.25) is 9.58 Å². The predicted molar refractivity (Wildman–Crippen MR) is 79.5 cm³/mol. The van der Waals surface area contributed by atoms with Crippen LogP contribution >= 0.6 is 0 Å². The van der Waals surface area contributed by atoms with E-state index >= 15 is 0 Å². The third-order valence-corrected chi connectivity index (χ3v) is 5.03. The quantitative estimate of drug-likeness (QED) is 0.831. The molecule has 3 rings (SSSR count). The smallest absolute Gasteiger partial charge is 0.0644 e. The van der Waals surface area contributed by atoms with Gasteiger partial charge in [0.05, 0.1) is 18.8 Å². The van der Waals surface area contributed by atoms with Gasteiger partial charge in [-0.2, -0.15) is 5.10 Å². The summed E-state index contributed by atoms with van der Waals surface area (Å²) in [5, 5.41) is 13.7. The van der Waals surface area contributed by atoms with Crippen LogP contribution in [-0.4, -0.2) is 38.5 Å². The highest BCUT2D eigenvalue weighted by molar-refractivity contribution is 5.25. The highest BCUT2D eigenvalue weighted by Crippen LogP contribution is 2.40. The first-order chi connectivity index (χ1) is 9.61.